The van der Waals surface area contributed by atoms with Gasteiger partial charge in [0.2, 0.25) is 0 Å². The van der Waals surface area contributed by atoms with Gasteiger partial charge in [0.05, 0.1) is 0 Å². The highest BCUT2D eigenvalue weighted by molar-refractivity contribution is 5.57. The number of aryl methyl sites for hydroxylation is 1. The Morgan fingerprint density at radius 1 is 0.955 bits per heavy atom. The van der Waals surface area contributed by atoms with E-state index >= 15 is 0 Å². The van der Waals surface area contributed by atoms with Gasteiger partial charge in [0.25, 0.3) is 0 Å². The molecule has 0 amide bonds. The molecule has 4 rings (SSSR count). The molecule has 0 aliphatic carbocycles. The molecule has 2 aliphatic heterocycles. The van der Waals surface area contributed by atoms with Gasteiger partial charge in [-0.3, -0.25) is 4.90 Å². The Hall–Kier alpha value is -1.80. The Morgan fingerprint density at radius 2 is 1.73 bits per heavy atom. The van der Waals surface area contributed by atoms with Crippen LogP contribution in [0.2, 0.25) is 0 Å². The van der Waals surface area contributed by atoms with Gasteiger partial charge in [0.15, 0.2) is 0 Å². The van der Waals surface area contributed by atoms with Crippen LogP contribution in [0, 0.1) is 0 Å². The van der Waals surface area contributed by atoms with Crippen LogP contribution >= 0.6 is 0 Å². The first-order chi connectivity index (χ1) is 10.8. The molecule has 0 aromatic heterocycles. The molecule has 2 aromatic rings. The maximum atomic E-state index is 2.66. The molecule has 2 aromatic carbocycles. The number of piperazine rings is 1. The summed E-state index contributed by atoms with van der Waals surface area (Å²) in [6.45, 7) is 5.84. The van der Waals surface area contributed by atoms with Crippen molar-refractivity contribution < 1.29 is 0 Å². The molecule has 22 heavy (non-hydrogen) atoms. The van der Waals surface area contributed by atoms with Crippen molar-refractivity contribution in [2.24, 2.45) is 0 Å². The molecule has 2 nitrogen and oxygen atoms in total. The summed E-state index contributed by atoms with van der Waals surface area (Å²) in [5, 5.41) is 0. The molecule has 0 saturated carbocycles. The number of rotatable bonds is 2. The Bertz CT molecular complexity index is 637. The summed E-state index contributed by atoms with van der Waals surface area (Å²) in [7, 11) is 0. The summed E-state index contributed by atoms with van der Waals surface area (Å²) >= 11 is 0. The van der Waals surface area contributed by atoms with Gasteiger partial charge < -0.3 is 4.90 Å². The minimum absolute atomic E-state index is 0.514. The smallest absolute Gasteiger partial charge is 0.0421 e. The van der Waals surface area contributed by atoms with Crippen molar-refractivity contribution in [2.75, 3.05) is 24.5 Å². The molecule has 2 heteroatoms. The van der Waals surface area contributed by atoms with Gasteiger partial charge in [-0.15, -0.1) is 0 Å². The number of para-hydroxylation sites is 1. The molecule has 2 aliphatic rings. The number of benzene rings is 2. The first-order valence-electron chi connectivity index (χ1n) is 8.46. The molecule has 0 radical (unpaired) electrons. The van der Waals surface area contributed by atoms with E-state index in [-0.39, 0.29) is 0 Å². The number of fused-ring (bicyclic) bond motifs is 3. The molecule has 0 bridgehead atoms. The summed E-state index contributed by atoms with van der Waals surface area (Å²) in [6, 6.07) is 21.1. The van der Waals surface area contributed by atoms with Crippen molar-refractivity contribution in [3.8, 4) is 0 Å². The summed E-state index contributed by atoms with van der Waals surface area (Å²) in [5.74, 6) is 0. The van der Waals surface area contributed by atoms with E-state index in [2.05, 4.69) is 71.3 Å². The molecule has 1 saturated heterocycles. The van der Waals surface area contributed by atoms with Crippen molar-refractivity contribution in [1.29, 1.82) is 0 Å². The van der Waals surface area contributed by atoms with Gasteiger partial charge >= 0.3 is 0 Å². The van der Waals surface area contributed by atoms with Crippen molar-refractivity contribution in [3.05, 3.63) is 65.7 Å². The maximum absolute atomic E-state index is 2.66. The van der Waals surface area contributed by atoms with Crippen LogP contribution in [-0.4, -0.2) is 30.6 Å². The van der Waals surface area contributed by atoms with Gasteiger partial charge in [-0.2, -0.15) is 0 Å². The van der Waals surface area contributed by atoms with E-state index in [9.17, 15) is 0 Å². The molecule has 2 heterocycles. The van der Waals surface area contributed by atoms with Gasteiger partial charge in [-0.25, -0.2) is 0 Å². The summed E-state index contributed by atoms with van der Waals surface area (Å²) in [5.41, 5.74) is 4.45. The van der Waals surface area contributed by atoms with Gasteiger partial charge in [0.1, 0.15) is 0 Å². The number of anilines is 1. The van der Waals surface area contributed by atoms with Crippen molar-refractivity contribution in [3.63, 3.8) is 0 Å². The highest BCUT2D eigenvalue weighted by Gasteiger charge is 2.33. The minimum atomic E-state index is 0.514. The van der Waals surface area contributed by atoms with E-state index in [1.165, 1.54) is 36.2 Å². The lowest BCUT2D eigenvalue weighted by atomic mass is 9.93. The van der Waals surface area contributed by atoms with E-state index in [1.54, 1.807) is 0 Å². The molecule has 0 N–H and O–H groups in total. The maximum Gasteiger partial charge on any atom is 0.0421 e. The summed E-state index contributed by atoms with van der Waals surface area (Å²) in [6.07, 6.45) is 2.51. The van der Waals surface area contributed by atoms with E-state index in [1.807, 2.05) is 0 Å². The van der Waals surface area contributed by atoms with Crippen LogP contribution in [0.4, 0.5) is 5.69 Å². The van der Waals surface area contributed by atoms with E-state index in [0.29, 0.717) is 12.1 Å². The number of hydrogen-bond acceptors (Lipinski definition) is 2. The highest BCUT2D eigenvalue weighted by Crippen LogP contribution is 2.34. The van der Waals surface area contributed by atoms with Gasteiger partial charge in [-0.05, 0) is 37.0 Å². The average molecular weight is 292 g/mol. The van der Waals surface area contributed by atoms with Crippen molar-refractivity contribution >= 4 is 5.69 Å². The molecular formula is C20H24N2. The van der Waals surface area contributed by atoms with E-state index < -0.39 is 0 Å². The highest BCUT2D eigenvalue weighted by atomic mass is 15.3. The third kappa shape index (κ3) is 2.42. The van der Waals surface area contributed by atoms with Crippen LogP contribution in [0.3, 0.4) is 0 Å². The second-order valence-corrected chi connectivity index (χ2v) is 6.60. The monoisotopic (exact) mass is 292 g/mol. The van der Waals surface area contributed by atoms with Crippen LogP contribution in [0.5, 0.6) is 0 Å². The fourth-order valence-electron chi connectivity index (χ4n) is 4.06. The molecule has 114 valence electrons. The van der Waals surface area contributed by atoms with Crippen molar-refractivity contribution in [1.82, 2.24) is 4.90 Å². The van der Waals surface area contributed by atoms with Crippen LogP contribution < -0.4 is 4.90 Å². The summed E-state index contributed by atoms with van der Waals surface area (Å²) in [4.78, 5) is 5.30. The predicted molar refractivity (Wildman–Crippen MR) is 92.3 cm³/mol. The standard InChI is InChI=1S/C20H24N2/c1-16(17-7-3-2-4-8-17)21-13-14-22-19(15-21)12-11-18-9-5-6-10-20(18)22/h2-10,16,19H,11-15H2,1H3/t16-,19+/m0/s1. The molecular weight excluding hydrogens is 268 g/mol. The lowest BCUT2D eigenvalue weighted by Gasteiger charge is -2.47. The Labute approximate surface area is 133 Å². The fraction of sp³-hybridized carbons (Fsp3) is 0.400. The van der Waals surface area contributed by atoms with Crippen LogP contribution in [0.1, 0.15) is 30.5 Å². The van der Waals surface area contributed by atoms with E-state index in [0.717, 1.165) is 13.1 Å². The predicted octanol–water partition coefficient (Wildman–Crippen LogP) is 3.88. The molecule has 0 unspecified atom stereocenters. The zero-order valence-electron chi connectivity index (χ0n) is 13.3. The van der Waals surface area contributed by atoms with Gasteiger partial charge in [-0.1, -0.05) is 48.5 Å². The number of hydrogen-bond donors (Lipinski definition) is 0. The lowest BCUT2D eigenvalue weighted by Crippen LogP contribution is -2.55. The topological polar surface area (TPSA) is 6.48 Å². The SMILES string of the molecule is C[C@@H](c1ccccc1)N1CCN2c3ccccc3CC[C@@H]2C1. The third-order valence-electron chi connectivity index (χ3n) is 5.39. The molecule has 2 atom stereocenters. The first kappa shape index (κ1) is 13.8. The minimum Gasteiger partial charge on any atom is -0.366 e. The quantitative estimate of drug-likeness (QED) is 0.828. The second-order valence-electron chi connectivity index (χ2n) is 6.60. The van der Waals surface area contributed by atoms with Gasteiger partial charge in [0, 0.05) is 37.4 Å². The largest absolute Gasteiger partial charge is 0.366 e. The first-order valence-corrected chi connectivity index (χ1v) is 8.46. The second kappa shape index (κ2) is 5.77. The fourth-order valence-corrected chi connectivity index (χ4v) is 4.06. The molecule has 0 spiro atoms. The van der Waals surface area contributed by atoms with Crippen LogP contribution in [0.15, 0.2) is 54.6 Å². The zero-order chi connectivity index (χ0) is 14.9. The Kier molecular flexibility index (Phi) is 3.63. The summed E-state index contributed by atoms with van der Waals surface area (Å²) < 4.78 is 0. The average Bonchev–Trinajstić information content (AvgIpc) is 2.61. The number of nitrogens with zero attached hydrogens (tertiary/aromatic N) is 2. The molecule has 1 fully saturated rings. The Balaban J connectivity index is 1.52. The van der Waals surface area contributed by atoms with Crippen LogP contribution in [-0.2, 0) is 6.42 Å². The van der Waals surface area contributed by atoms with Crippen molar-refractivity contribution in [2.45, 2.75) is 31.8 Å². The normalized spacial score (nSPS) is 22.8. The lowest BCUT2D eigenvalue weighted by molar-refractivity contribution is 0.165. The Morgan fingerprint density at radius 3 is 2.59 bits per heavy atom. The van der Waals surface area contributed by atoms with Crippen LogP contribution in [0.25, 0.3) is 0 Å². The van der Waals surface area contributed by atoms with E-state index in [4.69, 9.17) is 0 Å². The third-order valence-corrected chi connectivity index (χ3v) is 5.39. The zero-order valence-corrected chi connectivity index (χ0v) is 13.3.